The number of aliphatic hydroxyl groups is 1. The second-order valence-electron chi connectivity index (χ2n) is 7.23. The number of methoxy groups -OCH3 is 4. The summed E-state index contributed by atoms with van der Waals surface area (Å²) in [5, 5.41) is 24.1. The molecule has 7 nitrogen and oxygen atoms in total. The lowest BCUT2D eigenvalue weighted by Crippen LogP contribution is -1.97. The highest BCUT2D eigenvalue weighted by atomic mass is 16.5. The minimum atomic E-state index is -0.792. The molecular weight excluding hydrogens is 434 g/mol. The van der Waals surface area contributed by atoms with Crippen LogP contribution in [0.3, 0.4) is 0 Å². The molecule has 0 fully saturated rings. The van der Waals surface area contributed by atoms with E-state index in [2.05, 4.69) is 5.32 Å². The van der Waals surface area contributed by atoms with E-state index in [0.717, 1.165) is 11.1 Å². The van der Waals surface area contributed by atoms with Crippen molar-refractivity contribution in [3.63, 3.8) is 0 Å². The van der Waals surface area contributed by atoms with Gasteiger partial charge in [0.1, 0.15) is 0 Å². The molecule has 3 N–H and O–H groups in total. The number of rotatable bonds is 10. The van der Waals surface area contributed by atoms with Crippen molar-refractivity contribution in [2.24, 2.45) is 0 Å². The van der Waals surface area contributed by atoms with Gasteiger partial charge < -0.3 is 34.5 Å². The maximum absolute atomic E-state index is 10.7. The molecule has 3 aromatic carbocycles. The molecule has 0 radical (unpaired) electrons. The molecule has 3 rings (SSSR count). The monoisotopic (exact) mass is 463 g/mol. The van der Waals surface area contributed by atoms with Crippen molar-refractivity contribution in [3.8, 4) is 28.7 Å². The van der Waals surface area contributed by atoms with Crippen molar-refractivity contribution in [1.82, 2.24) is 0 Å². The van der Waals surface area contributed by atoms with Crippen LogP contribution in [0.15, 0.2) is 66.9 Å². The topological polar surface area (TPSA) is 89.4 Å². The lowest BCUT2D eigenvalue weighted by atomic mass is 10.1. The Morgan fingerprint density at radius 3 is 2.03 bits per heavy atom. The van der Waals surface area contributed by atoms with E-state index in [1.54, 1.807) is 39.7 Å². The van der Waals surface area contributed by atoms with Crippen LogP contribution in [0.4, 0.5) is 5.69 Å². The van der Waals surface area contributed by atoms with Gasteiger partial charge in [-0.3, -0.25) is 0 Å². The summed E-state index contributed by atoms with van der Waals surface area (Å²) in [6, 6.07) is 16.4. The molecule has 34 heavy (non-hydrogen) atoms. The third kappa shape index (κ3) is 5.63. The second kappa shape index (κ2) is 11.7. The van der Waals surface area contributed by atoms with Crippen molar-refractivity contribution in [3.05, 3.63) is 83.6 Å². The van der Waals surface area contributed by atoms with Gasteiger partial charge in [0, 0.05) is 11.8 Å². The smallest absolute Gasteiger partial charge is 0.203 e. The number of nitrogens with one attached hydrogen (secondary N) is 1. The Hall–Kier alpha value is -4.10. The van der Waals surface area contributed by atoms with Gasteiger partial charge in [-0.2, -0.15) is 0 Å². The van der Waals surface area contributed by atoms with Gasteiger partial charge in [0.05, 0.1) is 40.2 Å². The van der Waals surface area contributed by atoms with Crippen LogP contribution in [0.25, 0.3) is 12.2 Å². The first-order chi connectivity index (χ1) is 16.5. The predicted octanol–water partition coefficient (Wildman–Crippen LogP) is 5.26. The molecule has 0 bridgehead atoms. The summed E-state index contributed by atoms with van der Waals surface area (Å²) in [7, 11) is 6.16. The zero-order chi connectivity index (χ0) is 24.5. The molecule has 1 unspecified atom stereocenters. The fraction of sp³-hybridized carbons (Fsp3) is 0.185. The van der Waals surface area contributed by atoms with Crippen LogP contribution in [0, 0.1) is 0 Å². The van der Waals surface area contributed by atoms with Crippen molar-refractivity contribution in [2.45, 2.75) is 6.10 Å². The molecule has 3 aromatic rings. The Bertz CT molecular complexity index is 1130. The Labute approximate surface area is 199 Å². The zero-order valence-corrected chi connectivity index (χ0v) is 19.6. The molecular formula is C27H29NO6. The Balaban J connectivity index is 1.91. The SMILES string of the molecule is COc1ccc(/C=C\c2cc(OC)c(OC)c(OC)c2)c(N/C=C\C(O)c2ccccc2)c1O. The second-order valence-corrected chi connectivity index (χ2v) is 7.23. The highest BCUT2D eigenvalue weighted by molar-refractivity contribution is 5.82. The summed E-state index contributed by atoms with van der Waals surface area (Å²) in [5.41, 5.74) is 2.70. The summed E-state index contributed by atoms with van der Waals surface area (Å²) in [5.74, 6) is 1.86. The van der Waals surface area contributed by atoms with Crippen LogP contribution in [0.1, 0.15) is 22.8 Å². The van der Waals surface area contributed by atoms with E-state index in [0.29, 0.717) is 34.2 Å². The summed E-state index contributed by atoms with van der Waals surface area (Å²) in [4.78, 5) is 0. The first kappa shape index (κ1) is 24.5. The van der Waals surface area contributed by atoms with Gasteiger partial charge in [0.15, 0.2) is 23.0 Å². The molecule has 0 aliphatic heterocycles. The molecule has 0 aliphatic carbocycles. The fourth-order valence-electron chi connectivity index (χ4n) is 3.41. The van der Waals surface area contributed by atoms with Crippen LogP contribution in [0.5, 0.6) is 28.7 Å². The van der Waals surface area contributed by atoms with E-state index < -0.39 is 6.10 Å². The average Bonchev–Trinajstić information content (AvgIpc) is 2.88. The van der Waals surface area contributed by atoms with Crippen LogP contribution < -0.4 is 24.3 Å². The van der Waals surface area contributed by atoms with Crippen LogP contribution in [-0.4, -0.2) is 38.7 Å². The maximum Gasteiger partial charge on any atom is 0.203 e. The zero-order valence-electron chi connectivity index (χ0n) is 19.6. The largest absolute Gasteiger partial charge is 0.503 e. The Kier molecular flexibility index (Phi) is 8.43. The Morgan fingerprint density at radius 2 is 1.44 bits per heavy atom. The molecule has 0 saturated heterocycles. The lowest BCUT2D eigenvalue weighted by molar-refractivity contribution is 0.228. The normalized spacial score (nSPS) is 12.0. The summed E-state index contributed by atoms with van der Waals surface area (Å²) >= 11 is 0. The van der Waals surface area contributed by atoms with Crippen molar-refractivity contribution < 1.29 is 29.2 Å². The van der Waals surface area contributed by atoms with Crippen LogP contribution in [-0.2, 0) is 0 Å². The number of hydrogen-bond donors (Lipinski definition) is 3. The summed E-state index contributed by atoms with van der Waals surface area (Å²) < 4.78 is 21.5. The lowest BCUT2D eigenvalue weighted by Gasteiger charge is -2.14. The van der Waals surface area contributed by atoms with E-state index in [1.165, 1.54) is 7.11 Å². The van der Waals surface area contributed by atoms with Gasteiger partial charge >= 0.3 is 0 Å². The number of phenols is 1. The molecule has 0 aliphatic rings. The number of ether oxygens (including phenoxy) is 4. The highest BCUT2D eigenvalue weighted by Gasteiger charge is 2.14. The third-order valence-corrected chi connectivity index (χ3v) is 5.18. The number of aromatic hydroxyl groups is 1. The molecule has 1 atom stereocenters. The van der Waals surface area contributed by atoms with E-state index >= 15 is 0 Å². The summed E-state index contributed by atoms with van der Waals surface area (Å²) in [6.45, 7) is 0. The van der Waals surface area contributed by atoms with Gasteiger partial charge in [-0.1, -0.05) is 42.5 Å². The number of hydrogen-bond acceptors (Lipinski definition) is 7. The number of aliphatic hydroxyl groups excluding tert-OH is 1. The Morgan fingerprint density at radius 1 is 0.794 bits per heavy atom. The molecule has 178 valence electrons. The molecule has 0 spiro atoms. The van der Waals surface area contributed by atoms with Crippen LogP contribution in [0.2, 0.25) is 0 Å². The number of benzene rings is 3. The average molecular weight is 464 g/mol. The van der Waals surface area contributed by atoms with E-state index in [-0.39, 0.29) is 5.75 Å². The van der Waals surface area contributed by atoms with E-state index in [9.17, 15) is 10.2 Å². The third-order valence-electron chi connectivity index (χ3n) is 5.18. The van der Waals surface area contributed by atoms with Gasteiger partial charge in [-0.15, -0.1) is 0 Å². The molecule has 7 heteroatoms. The first-order valence-corrected chi connectivity index (χ1v) is 10.6. The summed E-state index contributed by atoms with van der Waals surface area (Å²) in [6.07, 6.45) is 6.09. The standard InChI is InChI=1S/C27H29NO6/c1-31-22-13-12-20(11-10-18-16-23(32-2)27(34-4)24(17-18)33-3)25(26(22)30)28-15-14-21(29)19-8-6-5-7-9-19/h5-17,21,28-30H,1-4H3/b11-10-,15-14-. The van der Waals surface area contributed by atoms with Crippen LogP contribution >= 0.6 is 0 Å². The maximum atomic E-state index is 10.7. The van der Waals surface area contributed by atoms with Crippen molar-refractivity contribution >= 4 is 17.8 Å². The predicted molar refractivity (Wildman–Crippen MR) is 134 cm³/mol. The highest BCUT2D eigenvalue weighted by Crippen LogP contribution is 2.40. The first-order valence-electron chi connectivity index (χ1n) is 10.6. The molecule has 0 amide bonds. The van der Waals surface area contributed by atoms with E-state index in [1.807, 2.05) is 60.7 Å². The van der Waals surface area contributed by atoms with Gasteiger partial charge in [0.25, 0.3) is 0 Å². The minimum Gasteiger partial charge on any atom is -0.503 e. The van der Waals surface area contributed by atoms with Crippen molar-refractivity contribution in [1.29, 1.82) is 0 Å². The number of phenolic OH excluding ortho intramolecular Hbond substituents is 1. The molecule has 0 aromatic heterocycles. The molecule has 0 heterocycles. The quantitative estimate of drug-likeness (QED) is 0.279. The molecule has 0 saturated carbocycles. The fourth-order valence-corrected chi connectivity index (χ4v) is 3.41. The van der Waals surface area contributed by atoms with Gasteiger partial charge in [-0.25, -0.2) is 0 Å². The van der Waals surface area contributed by atoms with Gasteiger partial charge in [-0.05, 0) is 41.5 Å². The van der Waals surface area contributed by atoms with E-state index in [4.69, 9.17) is 18.9 Å². The minimum absolute atomic E-state index is 0.0478. The number of anilines is 1. The van der Waals surface area contributed by atoms with Crippen molar-refractivity contribution in [2.75, 3.05) is 33.8 Å². The van der Waals surface area contributed by atoms with Gasteiger partial charge in [0.2, 0.25) is 5.75 Å².